The molecule has 8 rings (SSSR count). The minimum Gasteiger partial charge on any atom is -0.394 e. The first-order valence-corrected chi connectivity index (χ1v) is 12.4. The summed E-state index contributed by atoms with van der Waals surface area (Å²) in [4.78, 5) is 37.8. The maximum atomic E-state index is 13.3. The van der Waals surface area contributed by atoms with E-state index in [0.717, 1.165) is 0 Å². The normalized spacial score (nSPS) is 25.7. The number of non-ortho nitro benzene ring substituents is 1. The van der Waals surface area contributed by atoms with Crippen LogP contribution in [0.2, 0.25) is 0 Å². The molecule has 0 aliphatic carbocycles. The molecule has 0 saturated carbocycles. The average Bonchev–Trinajstić information content (AvgIpc) is 3.55. The Balaban J connectivity index is 1.66. The van der Waals surface area contributed by atoms with E-state index in [1.165, 1.54) is 19.2 Å². The fourth-order valence-electron chi connectivity index (χ4n) is 7.01. The molecule has 5 atom stereocenters. The first kappa shape index (κ1) is 22.6. The number of benzene rings is 3. The highest BCUT2D eigenvalue weighted by Gasteiger charge is 2.51. The zero-order valence-corrected chi connectivity index (χ0v) is 20.3. The van der Waals surface area contributed by atoms with Gasteiger partial charge in [-0.25, -0.2) is 0 Å². The Morgan fingerprint density at radius 1 is 1.03 bits per heavy atom. The van der Waals surface area contributed by atoms with Crippen LogP contribution in [0.25, 0.3) is 43.6 Å². The van der Waals surface area contributed by atoms with Crippen molar-refractivity contribution in [3.63, 3.8) is 0 Å². The molecule has 5 aromatic rings. The van der Waals surface area contributed by atoms with Crippen LogP contribution in [0.15, 0.2) is 42.5 Å². The topological polar surface area (TPSA) is 158 Å². The number of nitrogens with one attached hydrogen (secondary N) is 1. The standard InChI is InChI=1S/C27H20N4O8/c1-38-24-15(9-32)39-27-22(23(24)33)29-14-7-6-10(31(36)37)8-12(14)17-19-18(25(34)28-26(19)35)16-11-4-2-3-5-13(11)30(27)21(16)20(17)29/h2-8,15,22-24,27,32-33H,9H2,1H3,(H,28,34,35)/t15-,22+,23-,24-,27-/m1/s1. The van der Waals surface area contributed by atoms with E-state index < -0.39 is 53.9 Å². The maximum absolute atomic E-state index is 13.3. The molecule has 1 saturated heterocycles. The highest BCUT2D eigenvalue weighted by atomic mass is 16.6. The second kappa shape index (κ2) is 7.39. The fourth-order valence-corrected chi connectivity index (χ4v) is 7.01. The van der Waals surface area contributed by atoms with Crippen molar-refractivity contribution >= 4 is 61.1 Å². The molecule has 0 unspecified atom stereocenters. The number of amides is 2. The SMILES string of the molecule is CO[C@H]1[C@H](O)[C@H]2[C@@H](O[C@@H]1CO)n1c3ccccc3c3c4c(c5c6cc([N+](=O)[O-])ccc6n2c5c31)C(=O)NC4=O. The molecular formula is C27H20N4O8. The molecule has 0 radical (unpaired) electrons. The van der Waals surface area contributed by atoms with Crippen LogP contribution in [-0.4, -0.2) is 68.1 Å². The lowest BCUT2D eigenvalue weighted by Crippen LogP contribution is -2.55. The molecule has 2 aromatic heterocycles. The molecule has 0 bridgehead atoms. The quantitative estimate of drug-likeness (QED) is 0.183. The van der Waals surface area contributed by atoms with E-state index in [-0.39, 0.29) is 16.8 Å². The molecule has 196 valence electrons. The van der Waals surface area contributed by atoms with Crippen LogP contribution in [0.4, 0.5) is 5.69 Å². The van der Waals surface area contributed by atoms with Crippen molar-refractivity contribution in [3.8, 4) is 0 Å². The second-order valence-electron chi connectivity index (χ2n) is 10.1. The van der Waals surface area contributed by atoms with Crippen molar-refractivity contribution in [1.82, 2.24) is 14.5 Å². The Morgan fingerprint density at radius 3 is 2.38 bits per heavy atom. The average molecular weight is 528 g/mol. The van der Waals surface area contributed by atoms with E-state index in [1.54, 1.807) is 6.07 Å². The molecule has 12 heteroatoms. The number of para-hydroxylation sites is 1. The molecule has 2 amide bonds. The van der Waals surface area contributed by atoms with Crippen molar-refractivity contribution in [2.75, 3.05) is 13.7 Å². The number of methoxy groups -OCH3 is 1. The van der Waals surface area contributed by atoms with Crippen LogP contribution >= 0.6 is 0 Å². The van der Waals surface area contributed by atoms with Crippen molar-refractivity contribution in [2.24, 2.45) is 0 Å². The third kappa shape index (κ3) is 2.52. The molecule has 12 nitrogen and oxygen atoms in total. The van der Waals surface area contributed by atoms with Crippen LogP contribution in [0.5, 0.6) is 0 Å². The summed E-state index contributed by atoms with van der Waals surface area (Å²) in [7, 11) is 1.43. The van der Waals surface area contributed by atoms with Gasteiger partial charge in [-0.1, -0.05) is 18.2 Å². The fraction of sp³-hybridized carbons (Fsp3) is 0.259. The second-order valence-corrected chi connectivity index (χ2v) is 10.1. The van der Waals surface area contributed by atoms with E-state index in [1.807, 2.05) is 33.4 Å². The van der Waals surface area contributed by atoms with Crippen LogP contribution < -0.4 is 5.32 Å². The summed E-state index contributed by atoms with van der Waals surface area (Å²) in [6.45, 7) is -0.400. The molecule has 5 heterocycles. The lowest BCUT2D eigenvalue weighted by atomic mass is 9.93. The number of aromatic nitrogens is 2. The first-order chi connectivity index (χ1) is 18.9. The number of rotatable bonds is 3. The highest BCUT2D eigenvalue weighted by molar-refractivity contribution is 6.39. The summed E-state index contributed by atoms with van der Waals surface area (Å²) >= 11 is 0. The minimum atomic E-state index is -1.16. The first-order valence-electron chi connectivity index (χ1n) is 12.4. The Kier molecular flexibility index (Phi) is 4.28. The van der Waals surface area contributed by atoms with Gasteiger partial charge in [0, 0.05) is 40.8 Å². The molecule has 0 spiro atoms. The van der Waals surface area contributed by atoms with Gasteiger partial charge in [0.1, 0.15) is 24.4 Å². The Labute approximate surface area is 218 Å². The number of hydrogen-bond acceptors (Lipinski definition) is 8. The van der Waals surface area contributed by atoms with E-state index >= 15 is 0 Å². The number of carbonyl (C=O) groups is 2. The summed E-state index contributed by atoms with van der Waals surface area (Å²) in [6, 6.07) is 11.0. The summed E-state index contributed by atoms with van der Waals surface area (Å²) in [6.07, 6.45) is -3.71. The van der Waals surface area contributed by atoms with Gasteiger partial charge in [-0.05, 0) is 12.1 Å². The van der Waals surface area contributed by atoms with Crippen molar-refractivity contribution in [3.05, 3.63) is 63.7 Å². The predicted octanol–water partition coefficient (Wildman–Crippen LogP) is 2.51. The lowest BCUT2D eigenvalue weighted by Gasteiger charge is -2.47. The summed E-state index contributed by atoms with van der Waals surface area (Å²) in [5.74, 6) is -1.14. The van der Waals surface area contributed by atoms with Crippen LogP contribution in [0, 0.1) is 10.1 Å². The maximum Gasteiger partial charge on any atom is 0.270 e. The van der Waals surface area contributed by atoms with Crippen LogP contribution in [0.3, 0.4) is 0 Å². The number of fused-ring (bicyclic) bond motifs is 12. The Hall–Kier alpha value is -4.36. The van der Waals surface area contributed by atoms with Gasteiger partial charge in [-0.3, -0.25) is 25.0 Å². The number of carbonyl (C=O) groups excluding carboxylic acids is 2. The van der Waals surface area contributed by atoms with Gasteiger partial charge < -0.3 is 28.8 Å². The number of nitrogens with zero attached hydrogens (tertiary/aromatic N) is 3. The molecule has 1 fully saturated rings. The minimum absolute atomic E-state index is 0.149. The zero-order valence-electron chi connectivity index (χ0n) is 20.3. The molecule has 3 aromatic carbocycles. The third-order valence-corrected chi connectivity index (χ3v) is 8.43. The number of hydrogen-bond donors (Lipinski definition) is 3. The Morgan fingerprint density at radius 2 is 1.69 bits per heavy atom. The monoisotopic (exact) mass is 528 g/mol. The van der Waals surface area contributed by atoms with Crippen LogP contribution in [0.1, 0.15) is 33.0 Å². The van der Waals surface area contributed by atoms with Gasteiger partial charge in [0.2, 0.25) is 0 Å². The van der Waals surface area contributed by atoms with E-state index in [0.29, 0.717) is 43.6 Å². The Bertz CT molecular complexity index is 1970. The molecule has 3 aliphatic rings. The van der Waals surface area contributed by atoms with Gasteiger partial charge >= 0.3 is 0 Å². The van der Waals surface area contributed by atoms with E-state index in [4.69, 9.17) is 9.47 Å². The zero-order chi connectivity index (χ0) is 26.9. The molecular weight excluding hydrogens is 508 g/mol. The smallest absolute Gasteiger partial charge is 0.270 e. The lowest BCUT2D eigenvalue weighted by molar-refractivity contribution is -0.384. The summed E-state index contributed by atoms with van der Waals surface area (Å²) < 4.78 is 15.8. The highest BCUT2D eigenvalue weighted by Crippen LogP contribution is 2.54. The number of nitro groups is 1. The predicted molar refractivity (Wildman–Crippen MR) is 138 cm³/mol. The van der Waals surface area contributed by atoms with Gasteiger partial charge in [0.15, 0.2) is 6.23 Å². The van der Waals surface area contributed by atoms with Gasteiger partial charge in [-0.15, -0.1) is 0 Å². The van der Waals surface area contributed by atoms with Gasteiger partial charge in [-0.2, -0.15) is 0 Å². The number of aliphatic hydroxyl groups is 2. The van der Waals surface area contributed by atoms with E-state index in [2.05, 4.69) is 5.32 Å². The van der Waals surface area contributed by atoms with E-state index in [9.17, 15) is 29.9 Å². The van der Waals surface area contributed by atoms with Gasteiger partial charge in [0.25, 0.3) is 17.5 Å². The third-order valence-electron chi connectivity index (χ3n) is 8.43. The molecule has 3 aliphatic heterocycles. The summed E-state index contributed by atoms with van der Waals surface area (Å²) in [5.41, 5.74) is 2.58. The number of aliphatic hydroxyl groups excluding tert-OH is 2. The number of ether oxygens (including phenoxy) is 2. The molecule has 3 N–H and O–H groups in total. The largest absolute Gasteiger partial charge is 0.394 e. The van der Waals surface area contributed by atoms with Gasteiger partial charge in [0.05, 0.1) is 44.7 Å². The number of imide groups is 1. The number of nitro benzene ring substituents is 1. The van der Waals surface area contributed by atoms with Crippen LogP contribution in [-0.2, 0) is 9.47 Å². The van der Waals surface area contributed by atoms with Crippen molar-refractivity contribution in [2.45, 2.75) is 30.6 Å². The van der Waals surface area contributed by atoms with Crippen molar-refractivity contribution in [1.29, 1.82) is 0 Å². The van der Waals surface area contributed by atoms with Crippen molar-refractivity contribution < 1.29 is 34.2 Å². The molecule has 39 heavy (non-hydrogen) atoms. The summed E-state index contributed by atoms with van der Waals surface area (Å²) in [5, 5.41) is 38.1.